The van der Waals surface area contributed by atoms with Crippen molar-refractivity contribution >= 4 is 0 Å². The summed E-state index contributed by atoms with van der Waals surface area (Å²) in [4.78, 5) is 0. The van der Waals surface area contributed by atoms with Crippen LogP contribution in [0.2, 0.25) is 0 Å². The minimum absolute atomic E-state index is 0.267. The van der Waals surface area contributed by atoms with Crippen LogP contribution in [0.3, 0.4) is 0 Å². The fraction of sp³-hybridized carbons (Fsp3) is 0.500. The number of hydrogen-bond acceptors (Lipinski definition) is 3. The molecule has 1 rings (SSSR count). The zero-order valence-corrected chi connectivity index (χ0v) is 12.2. The van der Waals surface area contributed by atoms with Gasteiger partial charge in [-0.1, -0.05) is 13.0 Å². The van der Waals surface area contributed by atoms with E-state index in [1.807, 2.05) is 18.2 Å². The lowest BCUT2D eigenvalue weighted by Crippen LogP contribution is -2.22. The molecular weight excluding hydrogens is 238 g/mol. The molecule has 0 saturated carbocycles. The number of ether oxygens (including phenoxy) is 2. The fourth-order valence-electron chi connectivity index (χ4n) is 2.08. The SMILES string of the molecule is C=CCCC(NCCC)c1cc(OC)ccc1OC. The van der Waals surface area contributed by atoms with Crippen LogP contribution in [0, 0.1) is 0 Å². The van der Waals surface area contributed by atoms with E-state index in [9.17, 15) is 0 Å². The van der Waals surface area contributed by atoms with E-state index in [0.717, 1.165) is 42.9 Å². The van der Waals surface area contributed by atoms with Crippen LogP contribution in [-0.4, -0.2) is 20.8 Å². The second kappa shape index (κ2) is 8.59. The predicted molar refractivity (Wildman–Crippen MR) is 80.0 cm³/mol. The Bertz CT molecular complexity index is 390. The fourth-order valence-corrected chi connectivity index (χ4v) is 2.08. The molecule has 0 bridgehead atoms. The van der Waals surface area contributed by atoms with E-state index in [0.29, 0.717) is 0 Å². The summed E-state index contributed by atoms with van der Waals surface area (Å²) in [7, 11) is 3.39. The summed E-state index contributed by atoms with van der Waals surface area (Å²) in [6, 6.07) is 6.20. The maximum atomic E-state index is 5.46. The Kier molecular flexibility index (Phi) is 7.04. The number of hydrogen-bond donors (Lipinski definition) is 1. The highest BCUT2D eigenvalue weighted by molar-refractivity contribution is 5.42. The van der Waals surface area contributed by atoms with Gasteiger partial charge in [-0.3, -0.25) is 0 Å². The van der Waals surface area contributed by atoms with Crippen molar-refractivity contribution in [1.82, 2.24) is 5.32 Å². The number of methoxy groups -OCH3 is 2. The largest absolute Gasteiger partial charge is 0.497 e. The van der Waals surface area contributed by atoms with Crippen molar-refractivity contribution in [2.24, 2.45) is 0 Å². The predicted octanol–water partition coefficient (Wildman–Crippen LogP) is 3.71. The maximum absolute atomic E-state index is 5.46. The molecule has 1 N–H and O–H groups in total. The van der Waals surface area contributed by atoms with Crippen LogP contribution < -0.4 is 14.8 Å². The summed E-state index contributed by atoms with van der Waals surface area (Å²) in [5.41, 5.74) is 1.15. The van der Waals surface area contributed by atoms with Crippen molar-refractivity contribution in [3.63, 3.8) is 0 Å². The molecule has 0 aliphatic rings. The van der Waals surface area contributed by atoms with E-state index < -0.39 is 0 Å². The van der Waals surface area contributed by atoms with Crippen LogP contribution in [0.1, 0.15) is 37.8 Å². The molecule has 3 nitrogen and oxygen atoms in total. The van der Waals surface area contributed by atoms with E-state index >= 15 is 0 Å². The Morgan fingerprint density at radius 1 is 1.32 bits per heavy atom. The van der Waals surface area contributed by atoms with E-state index in [2.05, 4.69) is 24.9 Å². The van der Waals surface area contributed by atoms with Gasteiger partial charge in [-0.05, 0) is 44.0 Å². The first-order valence-electron chi connectivity index (χ1n) is 6.83. The zero-order chi connectivity index (χ0) is 14.1. The van der Waals surface area contributed by atoms with Crippen molar-refractivity contribution in [2.75, 3.05) is 20.8 Å². The van der Waals surface area contributed by atoms with Crippen molar-refractivity contribution < 1.29 is 9.47 Å². The molecule has 1 unspecified atom stereocenters. The monoisotopic (exact) mass is 263 g/mol. The van der Waals surface area contributed by atoms with Crippen LogP contribution in [0.15, 0.2) is 30.9 Å². The van der Waals surface area contributed by atoms with Gasteiger partial charge in [0.15, 0.2) is 0 Å². The molecule has 106 valence electrons. The van der Waals surface area contributed by atoms with E-state index in [4.69, 9.17) is 9.47 Å². The average Bonchev–Trinajstić information content (AvgIpc) is 2.47. The minimum atomic E-state index is 0.267. The molecule has 0 saturated heterocycles. The smallest absolute Gasteiger partial charge is 0.123 e. The summed E-state index contributed by atoms with van der Waals surface area (Å²) in [6.07, 6.45) is 5.04. The molecule has 1 aromatic rings. The first-order chi connectivity index (χ1) is 9.26. The standard InChI is InChI=1S/C16H25NO2/c1-5-7-8-15(17-11-6-2)14-12-13(18-3)9-10-16(14)19-4/h5,9-10,12,15,17H,1,6-8,11H2,2-4H3. The number of benzene rings is 1. The van der Waals surface area contributed by atoms with Crippen molar-refractivity contribution in [3.05, 3.63) is 36.4 Å². The molecular formula is C16H25NO2. The van der Waals surface area contributed by atoms with Gasteiger partial charge < -0.3 is 14.8 Å². The highest BCUT2D eigenvalue weighted by atomic mass is 16.5. The van der Waals surface area contributed by atoms with Crippen LogP contribution in [0.5, 0.6) is 11.5 Å². The average molecular weight is 263 g/mol. The van der Waals surface area contributed by atoms with Gasteiger partial charge in [0, 0.05) is 11.6 Å². The van der Waals surface area contributed by atoms with Crippen molar-refractivity contribution in [3.8, 4) is 11.5 Å². The second-order valence-corrected chi connectivity index (χ2v) is 4.48. The summed E-state index contributed by atoms with van der Waals surface area (Å²) in [6.45, 7) is 6.95. The summed E-state index contributed by atoms with van der Waals surface area (Å²) < 4.78 is 10.8. The Morgan fingerprint density at radius 3 is 2.68 bits per heavy atom. The van der Waals surface area contributed by atoms with Gasteiger partial charge in [0.1, 0.15) is 11.5 Å². The highest BCUT2D eigenvalue weighted by Gasteiger charge is 2.15. The quantitative estimate of drug-likeness (QED) is 0.689. The van der Waals surface area contributed by atoms with Crippen LogP contribution in [0.4, 0.5) is 0 Å². The third-order valence-corrected chi connectivity index (χ3v) is 3.11. The van der Waals surface area contributed by atoms with Crippen LogP contribution in [-0.2, 0) is 0 Å². The Balaban J connectivity index is 2.99. The molecule has 0 spiro atoms. The van der Waals surface area contributed by atoms with Crippen LogP contribution in [0.25, 0.3) is 0 Å². The molecule has 3 heteroatoms. The molecule has 1 aromatic carbocycles. The van der Waals surface area contributed by atoms with Crippen LogP contribution >= 0.6 is 0 Å². The molecule has 0 aromatic heterocycles. The molecule has 19 heavy (non-hydrogen) atoms. The molecule has 0 heterocycles. The van der Waals surface area contributed by atoms with Crippen molar-refractivity contribution in [1.29, 1.82) is 0 Å². The van der Waals surface area contributed by atoms with Gasteiger partial charge in [0.05, 0.1) is 14.2 Å². The molecule has 0 radical (unpaired) electrons. The Labute approximate surface area is 116 Å². The second-order valence-electron chi connectivity index (χ2n) is 4.48. The summed E-state index contributed by atoms with van der Waals surface area (Å²) >= 11 is 0. The minimum Gasteiger partial charge on any atom is -0.497 e. The normalized spacial score (nSPS) is 11.9. The van der Waals surface area contributed by atoms with Gasteiger partial charge in [0.25, 0.3) is 0 Å². The number of rotatable bonds is 9. The lowest BCUT2D eigenvalue weighted by Gasteiger charge is -2.21. The number of nitrogens with one attached hydrogen (secondary N) is 1. The van der Waals surface area contributed by atoms with E-state index in [-0.39, 0.29) is 6.04 Å². The number of allylic oxidation sites excluding steroid dienone is 1. The summed E-state index contributed by atoms with van der Waals surface area (Å²) in [5.74, 6) is 1.76. The Hall–Kier alpha value is -1.48. The summed E-state index contributed by atoms with van der Waals surface area (Å²) in [5, 5.41) is 3.56. The Morgan fingerprint density at radius 2 is 2.11 bits per heavy atom. The third-order valence-electron chi connectivity index (χ3n) is 3.11. The van der Waals surface area contributed by atoms with Crippen molar-refractivity contribution in [2.45, 2.75) is 32.2 Å². The van der Waals surface area contributed by atoms with Gasteiger partial charge >= 0.3 is 0 Å². The molecule has 0 aliphatic carbocycles. The first-order valence-corrected chi connectivity index (χ1v) is 6.83. The van der Waals surface area contributed by atoms with Gasteiger partial charge in [-0.15, -0.1) is 6.58 Å². The maximum Gasteiger partial charge on any atom is 0.123 e. The van der Waals surface area contributed by atoms with Gasteiger partial charge in [-0.2, -0.15) is 0 Å². The third kappa shape index (κ3) is 4.60. The first kappa shape index (κ1) is 15.6. The topological polar surface area (TPSA) is 30.5 Å². The molecule has 0 fully saturated rings. The lowest BCUT2D eigenvalue weighted by atomic mass is 10.00. The highest BCUT2D eigenvalue weighted by Crippen LogP contribution is 2.31. The van der Waals surface area contributed by atoms with Gasteiger partial charge in [0.2, 0.25) is 0 Å². The van der Waals surface area contributed by atoms with Gasteiger partial charge in [-0.25, -0.2) is 0 Å². The van der Waals surface area contributed by atoms with E-state index in [1.165, 1.54) is 0 Å². The zero-order valence-electron chi connectivity index (χ0n) is 12.2. The van der Waals surface area contributed by atoms with E-state index in [1.54, 1.807) is 14.2 Å². The molecule has 0 aliphatic heterocycles. The lowest BCUT2D eigenvalue weighted by molar-refractivity contribution is 0.386. The molecule has 0 amide bonds. The molecule has 1 atom stereocenters.